The summed E-state index contributed by atoms with van der Waals surface area (Å²) >= 11 is 0. The summed E-state index contributed by atoms with van der Waals surface area (Å²) in [6, 6.07) is 4.48. The lowest BCUT2D eigenvalue weighted by Gasteiger charge is -2.32. The third-order valence-corrected chi connectivity index (χ3v) is 21.6. The van der Waals surface area contributed by atoms with Gasteiger partial charge in [-0.1, -0.05) is 56.3 Å². The van der Waals surface area contributed by atoms with Gasteiger partial charge in [-0.25, -0.2) is 24.0 Å². The van der Waals surface area contributed by atoms with Crippen LogP contribution in [-0.2, 0) is 116 Å². The van der Waals surface area contributed by atoms with Crippen molar-refractivity contribution in [2.24, 2.45) is 17.8 Å². The van der Waals surface area contributed by atoms with E-state index in [1.54, 1.807) is 26.5 Å². The molecule has 47 nitrogen and oxygen atoms in total. The zero-order valence-electron chi connectivity index (χ0n) is 76.3. The predicted molar refractivity (Wildman–Crippen MR) is 475 cm³/mol. The number of fused-ring (bicyclic) bond motifs is 1. The highest BCUT2D eigenvalue weighted by molar-refractivity contribution is 5.92. The van der Waals surface area contributed by atoms with Crippen molar-refractivity contribution >= 4 is 124 Å². The lowest BCUT2D eigenvalue weighted by molar-refractivity contribution is -0.154. The molecule has 0 unspecified atom stereocenters. The summed E-state index contributed by atoms with van der Waals surface area (Å²) in [5.41, 5.74) is 0.747. The Labute approximate surface area is 775 Å². The quantitative estimate of drug-likeness (QED) is 0.0255. The molecule has 2 aliphatic rings. The Bertz CT molecular complexity index is 4110. The summed E-state index contributed by atoms with van der Waals surface area (Å²) in [4.78, 5) is 244. The summed E-state index contributed by atoms with van der Waals surface area (Å²) in [5.74, 6) is -16.3. The standard InChI is InChI=1S/C87H135N15O32/c1-56(2)46-68(95-74(108)55-133-45-43-131-41-31-90-70(104)24-21-65(84(124)125)94-71(105)25-27-76(111)112)86(128)134-57(3)14-23-69(103)89-30-40-130-42-44-132-54-73(107)93-63(12-6-8-28-88-72(106)50-99-32-34-100(51-77(113)114)36-38-102(53-79(117)118)39-37-101(35-33-99)52-78(115)116)81(120)92-49-58-15-19-61(20-16-58)80(119)96-67(48-59-17-18-60-10-4-5-11-62(60)47-59)82(121)91-29-9-7-13-64(83(122)123)97-87(129)98-66(85(126)127)22-26-75(109)110/h4-5,10-11,17-18,47,56-58,61,63-68H,6-9,12-16,19-46,48-55H2,1-3H3,(H,88,106)(H,89,103)(H,90,104)(H,91,121)(H,92,120)(H,93,107)(H,94,105)(H,95,108)(H,96,119)(H,109,110)(H,111,112)(H,113,114)(H,115,116)(H,117,118)(H,122,123)(H,124,125)(H,126,127)(H2,97,98,129)/t57-,58?,61?,63+,64+,65+,66+,67+,68+/m1/s1. The Hall–Kier alpha value is -11.9. The van der Waals surface area contributed by atoms with Crippen LogP contribution in [0.4, 0.5) is 4.79 Å². The van der Waals surface area contributed by atoms with Gasteiger partial charge in [0.25, 0.3) is 0 Å². The van der Waals surface area contributed by atoms with E-state index in [0.29, 0.717) is 38.5 Å². The second-order valence-corrected chi connectivity index (χ2v) is 33.2. The average molecular weight is 1900 g/mol. The second-order valence-electron chi connectivity index (χ2n) is 33.2. The highest BCUT2D eigenvalue weighted by Gasteiger charge is 2.34. The minimum Gasteiger partial charge on any atom is -0.481 e. The van der Waals surface area contributed by atoms with Gasteiger partial charge in [-0.15, -0.1) is 0 Å². The number of nitrogens with one attached hydrogen (secondary N) is 11. The van der Waals surface area contributed by atoms with Gasteiger partial charge < -0.3 is 123 Å². The topological polar surface area (TPSA) is 678 Å². The Morgan fingerprint density at radius 3 is 1.32 bits per heavy atom. The number of hydrogen-bond donors (Lipinski definition) is 19. The third kappa shape index (κ3) is 52.0. The van der Waals surface area contributed by atoms with Gasteiger partial charge in [0.2, 0.25) is 53.2 Å². The summed E-state index contributed by atoms with van der Waals surface area (Å²) in [6.07, 6.45) is 0.0789. The fourth-order valence-corrected chi connectivity index (χ4v) is 14.4. The molecule has 4 rings (SSSR count). The first-order valence-electron chi connectivity index (χ1n) is 45.1. The van der Waals surface area contributed by atoms with E-state index in [0.717, 1.165) is 16.3 Å². The molecule has 1 aliphatic heterocycles. The molecule has 1 saturated carbocycles. The molecule has 2 aromatic rings. The Morgan fingerprint density at radius 1 is 0.373 bits per heavy atom. The largest absolute Gasteiger partial charge is 0.481 e. The molecular weight excluding hydrogens is 1770 g/mol. The lowest BCUT2D eigenvalue weighted by atomic mass is 9.81. The maximum Gasteiger partial charge on any atom is 0.328 e. The molecule has 7 atom stereocenters. The summed E-state index contributed by atoms with van der Waals surface area (Å²) < 4.78 is 27.6. The lowest BCUT2D eigenvalue weighted by Crippen LogP contribution is -2.51. The number of benzene rings is 2. The van der Waals surface area contributed by atoms with E-state index in [4.69, 9.17) is 33.9 Å². The molecular formula is C87H135N15O32. The summed E-state index contributed by atoms with van der Waals surface area (Å²) in [6.45, 7) is 5.25. The van der Waals surface area contributed by atoms with Crippen LogP contribution in [0.1, 0.15) is 148 Å². The Morgan fingerprint density at radius 2 is 0.813 bits per heavy atom. The molecule has 134 heavy (non-hydrogen) atoms. The fourth-order valence-electron chi connectivity index (χ4n) is 14.4. The van der Waals surface area contributed by atoms with Crippen LogP contribution in [0.2, 0.25) is 0 Å². The maximum atomic E-state index is 14.2. The smallest absolute Gasteiger partial charge is 0.328 e. The van der Waals surface area contributed by atoms with Gasteiger partial charge in [0.15, 0.2) is 0 Å². The Balaban J connectivity index is 1.28. The molecule has 2 fully saturated rings. The van der Waals surface area contributed by atoms with E-state index in [1.807, 2.05) is 56.3 Å². The number of unbranched alkanes of at least 4 members (excludes halogenated alkanes) is 2. The second kappa shape index (κ2) is 64.9. The number of rotatable bonds is 66. The zero-order valence-corrected chi connectivity index (χ0v) is 76.3. The van der Waals surface area contributed by atoms with Crippen molar-refractivity contribution in [3.05, 3.63) is 48.0 Å². The number of carbonyl (C=O) groups is 19. The van der Waals surface area contributed by atoms with E-state index in [-0.39, 0.29) is 239 Å². The number of esters is 1. The number of aliphatic carboxylic acids is 8. The van der Waals surface area contributed by atoms with Crippen LogP contribution in [0.5, 0.6) is 0 Å². The fraction of sp³-hybridized carbons (Fsp3) is 0.667. The van der Waals surface area contributed by atoms with E-state index >= 15 is 0 Å². The van der Waals surface area contributed by atoms with Crippen molar-refractivity contribution in [2.75, 3.05) is 164 Å². The molecule has 0 bridgehead atoms. The van der Waals surface area contributed by atoms with Gasteiger partial charge in [-0.3, -0.25) is 86.7 Å². The number of carbonyl (C=O) groups excluding carboxylic acids is 11. The molecule has 750 valence electrons. The SMILES string of the molecule is CC(C)C[C@H](NC(=O)COCCOCCNC(=O)CC[C@H](NC(=O)CCC(=O)O)C(=O)O)C(=O)O[C@H](C)CCC(=O)NCCOCCOCC(=O)N[C@@H](CCCCNC(=O)CN1CCN(CC(=O)O)CCN(CC(=O)O)CCN(CC(=O)O)CC1)C(=O)NCC1CCC(C(=O)N[C@@H](Cc2ccc3ccccc3c2)C(=O)NCCCC[C@H](NC(=O)N[C@@H](CCC(=O)O)C(=O)O)C(=O)O)CC1. The highest BCUT2D eigenvalue weighted by atomic mass is 16.5. The molecule has 0 spiro atoms. The first-order valence-corrected chi connectivity index (χ1v) is 45.1. The van der Waals surface area contributed by atoms with Crippen molar-refractivity contribution in [1.29, 1.82) is 0 Å². The van der Waals surface area contributed by atoms with E-state index in [1.165, 1.54) is 0 Å². The molecule has 1 heterocycles. The van der Waals surface area contributed by atoms with Crippen LogP contribution in [0.25, 0.3) is 10.8 Å². The molecule has 1 saturated heterocycles. The van der Waals surface area contributed by atoms with Crippen LogP contribution in [0.3, 0.4) is 0 Å². The maximum absolute atomic E-state index is 14.2. The number of urea groups is 1. The number of nitrogens with zero attached hydrogens (tertiary/aromatic N) is 4. The predicted octanol–water partition coefficient (Wildman–Crippen LogP) is -1.85. The van der Waals surface area contributed by atoms with Crippen LogP contribution < -0.4 is 58.5 Å². The normalized spacial score (nSPS) is 16.3. The van der Waals surface area contributed by atoms with Crippen LogP contribution in [0.15, 0.2) is 42.5 Å². The first-order chi connectivity index (χ1) is 63.8. The first kappa shape index (κ1) is 114. The van der Waals surface area contributed by atoms with Crippen LogP contribution in [-0.4, -0.2) is 380 Å². The molecule has 11 amide bonds. The minimum absolute atomic E-state index is 0.00133. The van der Waals surface area contributed by atoms with Gasteiger partial charge in [0.1, 0.15) is 49.5 Å². The van der Waals surface area contributed by atoms with E-state index in [2.05, 4.69) is 58.5 Å². The Kier molecular flexibility index (Phi) is 55.4. The average Bonchev–Trinajstić information content (AvgIpc) is 0.828. The van der Waals surface area contributed by atoms with Crippen molar-refractivity contribution in [3.8, 4) is 0 Å². The van der Waals surface area contributed by atoms with Crippen molar-refractivity contribution < 1.29 is 156 Å². The molecule has 1 aliphatic carbocycles. The van der Waals surface area contributed by atoms with E-state index < -0.39 is 188 Å². The van der Waals surface area contributed by atoms with Gasteiger partial charge in [-0.2, -0.15) is 0 Å². The number of ether oxygens (including phenoxy) is 5. The van der Waals surface area contributed by atoms with Gasteiger partial charge in [-0.05, 0) is 125 Å². The van der Waals surface area contributed by atoms with Crippen molar-refractivity contribution in [1.82, 2.24) is 78.1 Å². The third-order valence-electron chi connectivity index (χ3n) is 21.6. The van der Waals surface area contributed by atoms with Crippen LogP contribution in [0, 0.1) is 17.8 Å². The number of carboxylic acids is 8. The molecule has 47 heteroatoms. The number of carboxylic acid groups (broad SMARTS) is 8. The monoisotopic (exact) mass is 1900 g/mol. The van der Waals surface area contributed by atoms with E-state index in [9.17, 15) is 122 Å². The van der Waals surface area contributed by atoms with Crippen molar-refractivity contribution in [2.45, 2.75) is 192 Å². The highest BCUT2D eigenvalue weighted by Crippen LogP contribution is 2.29. The molecule has 0 radical (unpaired) electrons. The summed E-state index contributed by atoms with van der Waals surface area (Å²) in [7, 11) is 0. The zero-order chi connectivity index (χ0) is 98.9. The number of hydrogen-bond acceptors (Lipinski definition) is 28. The molecule has 0 aromatic heterocycles. The van der Waals surface area contributed by atoms with Gasteiger partial charge >= 0.3 is 59.8 Å². The molecule has 2 aromatic carbocycles. The molecule has 19 N–H and O–H groups in total. The van der Waals surface area contributed by atoms with Crippen LogP contribution >= 0.6 is 0 Å². The van der Waals surface area contributed by atoms with Gasteiger partial charge in [0, 0.05) is 123 Å². The van der Waals surface area contributed by atoms with Gasteiger partial charge in [0.05, 0.1) is 78.3 Å². The number of amides is 11. The summed E-state index contributed by atoms with van der Waals surface area (Å²) in [5, 5.41) is 106. The van der Waals surface area contributed by atoms with Crippen molar-refractivity contribution in [3.63, 3.8) is 0 Å². The minimum atomic E-state index is -1.60.